The Bertz CT molecular complexity index is 699. The molecule has 1 heterocycles. The molecule has 1 aromatic carbocycles. The van der Waals surface area contributed by atoms with E-state index in [1.54, 1.807) is 24.2 Å². The Balaban J connectivity index is 1.52. The predicted octanol–water partition coefficient (Wildman–Crippen LogP) is 2.37. The van der Waals surface area contributed by atoms with Crippen molar-refractivity contribution >= 4 is 11.7 Å². The number of methoxy groups -OCH3 is 1. The molecule has 1 aliphatic rings. The van der Waals surface area contributed by atoms with Crippen LogP contribution in [0.5, 0.6) is 5.75 Å². The number of rotatable bonds is 5. The molecule has 0 spiro atoms. The molecule has 1 aliphatic carbocycles. The summed E-state index contributed by atoms with van der Waals surface area (Å²) < 4.78 is 6.90. The van der Waals surface area contributed by atoms with E-state index in [1.165, 1.54) is 0 Å². The highest BCUT2D eigenvalue weighted by Gasteiger charge is 2.24. The molecule has 2 aromatic rings. The first-order valence-corrected chi connectivity index (χ1v) is 8.55. The van der Waals surface area contributed by atoms with Gasteiger partial charge in [0.25, 0.3) is 0 Å². The number of nitrogens with one attached hydrogen (secondary N) is 2. The number of nitrogens with zero attached hydrogens (tertiary/aromatic N) is 2. The Labute approximate surface area is 147 Å². The number of carbonyl (C=O) groups is 1. The van der Waals surface area contributed by atoms with E-state index < -0.39 is 6.10 Å². The van der Waals surface area contributed by atoms with Crippen molar-refractivity contribution < 1.29 is 14.6 Å². The summed E-state index contributed by atoms with van der Waals surface area (Å²) in [5, 5.41) is 19.8. The molecule has 25 heavy (non-hydrogen) atoms. The third-order valence-corrected chi connectivity index (χ3v) is 4.44. The van der Waals surface area contributed by atoms with Gasteiger partial charge in [-0.25, -0.2) is 4.79 Å². The van der Waals surface area contributed by atoms with Gasteiger partial charge in [0, 0.05) is 6.20 Å². The molecule has 7 heteroatoms. The summed E-state index contributed by atoms with van der Waals surface area (Å²) in [5.74, 6) is 0.813. The van der Waals surface area contributed by atoms with E-state index in [0.29, 0.717) is 12.2 Å². The Morgan fingerprint density at radius 2 is 2.08 bits per heavy atom. The van der Waals surface area contributed by atoms with Crippen molar-refractivity contribution in [2.24, 2.45) is 0 Å². The standard InChI is InChI=1S/C18H24N4O3/c1-25-15-8-6-13(7-9-15)11-22-12-14(10-19-22)20-18(24)21-16-4-2-3-5-17(16)23/h6-10,12,16-17,23H,2-5,11H2,1H3,(H2,20,21,24). The smallest absolute Gasteiger partial charge is 0.319 e. The Hall–Kier alpha value is -2.54. The molecule has 2 unspecified atom stereocenters. The van der Waals surface area contributed by atoms with Gasteiger partial charge in [-0.3, -0.25) is 4.68 Å². The van der Waals surface area contributed by atoms with Gasteiger partial charge in [-0.05, 0) is 30.5 Å². The monoisotopic (exact) mass is 344 g/mol. The van der Waals surface area contributed by atoms with Crippen molar-refractivity contribution in [3.63, 3.8) is 0 Å². The molecular weight excluding hydrogens is 320 g/mol. The maximum Gasteiger partial charge on any atom is 0.319 e. The summed E-state index contributed by atoms with van der Waals surface area (Å²) in [5.41, 5.74) is 1.71. The second-order valence-corrected chi connectivity index (χ2v) is 6.33. The van der Waals surface area contributed by atoms with Crippen molar-refractivity contribution in [2.75, 3.05) is 12.4 Å². The lowest BCUT2D eigenvalue weighted by molar-refractivity contribution is 0.0955. The van der Waals surface area contributed by atoms with Crippen LogP contribution in [0.15, 0.2) is 36.7 Å². The highest BCUT2D eigenvalue weighted by atomic mass is 16.5. The van der Waals surface area contributed by atoms with E-state index >= 15 is 0 Å². The Kier molecular flexibility index (Phi) is 5.55. The molecule has 3 rings (SSSR count). The van der Waals surface area contributed by atoms with Gasteiger partial charge in [0.1, 0.15) is 5.75 Å². The summed E-state index contributed by atoms with van der Waals surface area (Å²) in [6.07, 6.45) is 6.52. The Morgan fingerprint density at radius 3 is 2.80 bits per heavy atom. The van der Waals surface area contributed by atoms with Crippen LogP contribution in [0, 0.1) is 0 Å². The maximum absolute atomic E-state index is 12.1. The highest BCUT2D eigenvalue weighted by Crippen LogP contribution is 2.18. The highest BCUT2D eigenvalue weighted by molar-refractivity contribution is 5.89. The number of hydrogen-bond acceptors (Lipinski definition) is 4. The van der Waals surface area contributed by atoms with Crippen LogP contribution in [0.1, 0.15) is 31.2 Å². The van der Waals surface area contributed by atoms with Crippen molar-refractivity contribution in [1.82, 2.24) is 15.1 Å². The van der Waals surface area contributed by atoms with Crippen molar-refractivity contribution in [2.45, 2.75) is 44.4 Å². The molecule has 0 radical (unpaired) electrons. The van der Waals surface area contributed by atoms with Crippen LogP contribution in [0.25, 0.3) is 0 Å². The molecule has 3 N–H and O–H groups in total. The molecule has 0 bridgehead atoms. The zero-order valence-electron chi connectivity index (χ0n) is 14.3. The lowest BCUT2D eigenvalue weighted by Crippen LogP contribution is -2.46. The van der Waals surface area contributed by atoms with E-state index in [2.05, 4.69) is 15.7 Å². The number of anilines is 1. The summed E-state index contributed by atoms with van der Waals surface area (Å²) >= 11 is 0. The van der Waals surface area contributed by atoms with Crippen LogP contribution < -0.4 is 15.4 Å². The van der Waals surface area contributed by atoms with Gasteiger partial charge in [0.05, 0.1) is 37.7 Å². The topological polar surface area (TPSA) is 88.4 Å². The number of amides is 2. The van der Waals surface area contributed by atoms with Gasteiger partial charge in [0.2, 0.25) is 0 Å². The second-order valence-electron chi connectivity index (χ2n) is 6.33. The number of urea groups is 1. The number of aromatic nitrogens is 2. The summed E-state index contributed by atoms with van der Waals surface area (Å²) in [4.78, 5) is 12.1. The molecule has 1 aromatic heterocycles. The van der Waals surface area contributed by atoms with Crippen LogP contribution in [0.3, 0.4) is 0 Å². The molecule has 1 fully saturated rings. The molecule has 2 atom stereocenters. The fourth-order valence-corrected chi connectivity index (χ4v) is 3.05. The average Bonchev–Trinajstić information content (AvgIpc) is 3.04. The van der Waals surface area contributed by atoms with E-state index in [0.717, 1.165) is 37.0 Å². The number of aliphatic hydroxyl groups is 1. The minimum Gasteiger partial charge on any atom is -0.497 e. The van der Waals surface area contributed by atoms with E-state index in [-0.39, 0.29) is 12.1 Å². The second kappa shape index (κ2) is 8.02. The molecule has 0 saturated heterocycles. The number of carbonyl (C=O) groups excluding carboxylic acids is 1. The minimum atomic E-state index is -0.461. The van der Waals surface area contributed by atoms with Gasteiger partial charge in [0.15, 0.2) is 0 Å². The Morgan fingerprint density at radius 1 is 1.32 bits per heavy atom. The average molecular weight is 344 g/mol. The van der Waals surface area contributed by atoms with Crippen molar-refractivity contribution in [3.8, 4) is 5.75 Å². The quantitative estimate of drug-likeness (QED) is 0.777. The molecule has 134 valence electrons. The summed E-state index contributed by atoms with van der Waals surface area (Å²) in [7, 11) is 1.64. The van der Waals surface area contributed by atoms with Gasteiger partial charge in [-0.2, -0.15) is 5.10 Å². The van der Waals surface area contributed by atoms with E-state index in [4.69, 9.17) is 4.74 Å². The van der Waals surface area contributed by atoms with Gasteiger partial charge < -0.3 is 20.5 Å². The molecular formula is C18H24N4O3. The SMILES string of the molecule is COc1ccc(Cn2cc(NC(=O)NC3CCCCC3O)cn2)cc1. The van der Waals surface area contributed by atoms with Crippen molar-refractivity contribution in [3.05, 3.63) is 42.2 Å². The van der Waals surface area contributed by atoms with Gasteiger partial charge in [-0.15, -0.1) is 0 Å². The zero-order chi connectivity index (χ0) is 17.6. The van der Waals surface area contributed by atoms with Crippen LogP contribution in [-0.4, -0.2) is 40.2 Å². The largest absolute Gasteiger partial charge is 0.497 e. The zero-order valence-corrected chi connectivity index (χ0v) is 14.3. The van der Waals surface area contributed by atoms with Crippen LogP contribution in [0.4, 0.5) is 10.5 Å². The molecule has 1 saturated carbocycles. The van der Waals surface area contributed by atoms with Gasteiger partial charge in [-0.1, -0.05) is 25.0 Å². The van der Waals surface area contributed by atoms with Crippen LogP contribution in [-0.2, 0) is 6.54 Å². The minimum absolute atomic E-state index is 0.178. The van der Waals surface area contributed by atoms with Gasteiger partial charge >= 0.3 is 6.03 Å². The number of hydrogen-bond donors (Lipinski definition) is 3. The summed E-state index contributed by atoms with van der Waals surface area (Å²) in [6.45, 7) is 0.606. The first kappa shape index (κ1) is 17.3. The lowest BCUT2D eigenvalue weighted by atomic mass is 9.93. The lowest BCUT2D eigenvalue weighted by Gasteiger charge is -2.28. The molecule has 7 nitrogen and oxygen atoms in total. The van der Waals surface area contributed by atoms with Crippen LogP contribution >= 0.6 is 0 Å². The third-order valence-electron chi connectivity index (χ3n) is 4.44. The molecule has 2 amide bonds. The van der Waals surface area contributed by atoms with Crippen LogP contribution in [0.2, 0.25) is 0 Å². The third kappa shape index (κ3) is 4.73. The van der Waals surface area contributed by atoms with E-state index in [9.17, 15) is 9.90 Å². The van der Waals surface area contributed by atoms with E-state index in [1.807, 2.05) is 24.3 Å². The normalized spacial score (nSPS) is 20.1. The maximum atomic E-state index is 12.1. The molecule has 0 aliphatic heterocycles. The number of ether oxygens (including phenoxy) is 1. The predicted molar refractivity (Wildman–Crippen MR) is 94.7 cm³/mol. The summed E-state index contributed by atoms with van der Waals surface area (Å²) in [6, 6.07) is 7.27. The van der Waals surface area contributed by atoms with Crippen molar-refractivity contribution in [1.29, 1.82) is 0 Å². The fourth-order valence-electron chi connectivity index (χ4n) is 3.05. The number of aliphatic hydroxyl groups excluding tert-OH is 1. The first-order valence-electron chi connectivity index (χ1n) is 8.55. The fraction of sp³-hybridized carbons (Fsp3) is 0.444. The number of benzene rings is 1. The first-order chi connectivity index (χ1) is 12.1.